The summed E-state index contributed by atoms with van der Waals surface area (Å²) in [7, 11) is 0. The molecular weight excluding hydrogens is 252 g/mol. The van der Waals surface area contributed by atoms with E-state index in [0.717, 1.165) is 22.5 Å². The maximum absolute atomic E-state index is 5.70. The van der Waals surface area contributed by atoms with Crippen molar-refractivity contribution < 1.29 is 4.74 Å². The molecular formula is C15H16N4O. The van der Waals surface area contributed by atoms with E-state index in [0.29, 0.717) is 19.0 Å². The van der Waals surface area contributed by atoms with Crippen LogP contribution in [0.4, 0.5) is 0 Å². The SMILES string of the molecule is Cc1c(CN)cnc2cc(OCc3ccccc3)nn12. The predicted octanol–water partition coefficient (Wildman–Crippen LogP) is 2.08. The highest BCUT2D eigenvalue weighted by Crippen LogP contribution is 2.16. The van der Waals surface area contributed by atoms with Crippen LogP contribution in [0.5, 0.6) is 5.88 Å². The Morgan fingerprint density at radius 3 is 2.80 bits per heavy atom. The number of aromatic nitrogens is 3. The van der Waals surface area contributed by atoms with Crippen LogP contribution in [0.25, 0.3) is 5.65 Å². The summed E-state index contributed by atoms with van der Waals surface area (Å²) in [5.41, 5.74) is 9.52. The molecule has 0 aliphatic heterocycles. The van der Waals surface area contributed by atoms with Gasteiger partial charge in [0.1, 0.15) is 6.61 Å². The van der Waals surface area contributed by atoms with Crippen molar-refractivity contribution >= 4 is 5.65 Å². The molecule has 0 radical (unpaired) electrons. The Morgan fingerprint density at radius 2 is 2.05 bits per heavy atom. The zero-order chi connectivity index (χ0) is 13.9. The highest BCUT2D eigenvalue weighted by atomic mass is 16.5. The van der Waals surface area contributed by atoms with Gasteiger partial charge in [0, 0.05) is 30.1 Å². The Bertz CT molecular complexity index is 721. The van der Waals surface area contributed by atoms with Gasteiger partial charge in [0.2, 0.25) is 5.88 Å². The monoisotopic (exact) mass is 268 g/mol. The number of benzene rings is 1. The van der Waals surface area contributed by atoms with Gasteiger partial charge in [-0.1, -0.05) is 30.3 Å². The van der Waals surface area contributed by atoms with E-state index in [-0.39, 0.29) is 0 Å². The molecule has 3 aromatic rings. The minimum atomic E-state index is 0.453. The van der Waals surface area contributed by atoms with Crippen molar-refractivity contribution in [2.75, 3.05) is 0 Å². The number of nitrogens with two attached hydrogens (primary N) is 1. The molecule has 102 valence electrons. The van der Waals surface area contributed by atoms with Crippen molar-refractivity contribution in [2.45, 2.75) is 20.1 Å². The van der Waals surface area contributed by atoms with Gasteiger partial charge in [-0.15, -0.1) is 5.10 Å². The lowest BCUT2D eigenvalue weighted by molar-refractivity contribution is 0.292. The Hall–Kier alpha value is -2.40. The third kappa shape index (κ3) is 2.35. The first-order valence-corrected chi connectivity index (χ1v) is 6.49. The highest BCUT2D eigenvalue weighted by molar-refractivity contribution is 5.44. The normalized spacial score (nSPS) is 10.9. The van der Waals surface area contributed by atoms with Gasteiger partial charge in [-0.2, -0.15) is 0 Å². The van der Waals surface area contributed by atoms with Gasteiger partial charge in [-0.25, -0.2) is 9.50 Å². The van der Waals surface area contributed by atoms with E-state index in [1.54, 1.807) is 10.7 Å². The van der Waals surface area contributed by atoms with Gasteiger partial charge in [-0.05, 0) is 12.5 Å². The first-order chi connectivity index (χ1) is 9.78. The fraction of sp³-hybridized carbons (Fsp3) is 0.200. The summed E-state index contributed by atoms with van der Waals surface area (Å²) in [6, 6.07) is 11.8. The summed E-state index contributed by atoms with van der Waals surface area (Å²) in [6.45, 7) is 2.92. The number of ether oxygens (including phenoxy) is 1. The molecule has 2 heterocycles. The Morgan fingerprint density at radius 1 is 1.25 bits per heavy atom. The maximum atomic E-state index is 5.70. The van der Waals surface area contributed by atoms with Crippen molar-refractivity contribution in [1.82, 2.24) is 14.6 Å². The standard InChI is InChI=1S/C15H16N4O/c1-11-13(8-16)9-17-14-7-15(18-19(11)14)20-10-12-5-3-2-4-6-12/h2-7,9H,8,10,16H2,1H3. The molecule has 0 saturated heterocycles. The van der Waals surface area contributed by atoms with Gasteiger partial charge in [-0.3, -0.25) is 0 Å². The van der Waals surface area contributed by atoms with Crippen LogP contribution in [-0.2, 0) is 13.2 Å². The minimum absolute atomic E-state index is 0.453. The lowest BCUT2D eigenvalue weighted by Gasteiger charge is -2.04. The Balaban J connectivity index is 1.84. The fourth-order valence-electron chi connectivity index (χ4n) is 2.06. The molecule has 5 heteroatoms. The molecule has 0 atom stereocenters. The zero-order valence-corrected chi connectivity index (χ0v) is 11.3. The van der Waals surface area contributed by atoms with Gasteiger partial charge >= 0.3 is 0 Å². The van der Waals surface area contributed by atoms with Crippen LogP contribution in [0.1, 0.15) is 16.8 Å². The highest BCUT2D eigenvalue weighted by Gasteiger charge is 2.08. The molecule has 0 amide bonds. The van der Waals surface area contributed by atoms with Crippen LogP contribution in [0.2, 0.25) is 0 Å². The van der Waals surface area contributed by atoms with Gasteiger partial charge in [0.15, 0.2) is 5.65 Å². The molecule has 3 rings (SSSR count). The zero-order valence-electron chi connectivity index (χ0n) is 11.3. The van der Waals surface area contributed by atoms with Crippen molar-refractivity contribution in [3.05, 3.63) is 59.4 Å². The smallest absolute Gasteiger partial charge is 0.235 e. The van der Waals surface area contributed by atoms with Crippen molar-refractivity contribution in [3.8, 4) is 5.88 Å². The Kier molecular flexibility index (Phi) is 3.35. The lowest BCUT2D eigenvalue weighted by atomic mass is 10.2. The number of hydrogen-bond acceptors (Lipinski definition) is 4. The topological polar surface area (TPSA) is 65.4 Å². The summed E-state index contributed by atoms with van der Waals surface area (Å²) >= 11 is 0. The van der Waals surface area contributed by atoms with Gasteiger partial charge in [0.25, 0.3) is 0 Å². The van der Waals surface area contributed by atoms with E-state index < -0.39 is 0 Å². The molecule has 0 bridgehead atoms. The lowest BCUT2D eigenvalue weighted by Crippen LogP contribution is -2.06. The summed E-state index contributed by atoms with van der Waals surface area (Å²) in [6.07, 6.45) is 1.79. The molecule has 0 fully saturated rings. The van der Waals surface area contributed by atoms with Crippen molar-refractivity contribution in [2.24, 2.45) is 5.73 Å². The van der Waals surface area contributed by atoms with E-state index in [4.69, 9.17) is 10.5 Å². The first kappa shape index (κ1) is 12.6. The van der Waals surface area contributed by atoms with Crippen molar-refractivity contribution in [1.29, 1.82) is 0 Å². The van der Waals surface area contributed by atoms with Crippen LogP contribution in [0.3, 0.4) is 0 Å². The van der Waals surface area contributed by atoms with Crippen molar-refractivity contribution in [3.63, 3.8) is 0 Å². The van der Waals surface area contributed by atoms with E-state index in [9.17, 15) is 0 Å². The molecule has 0 spiro atoms. The number of hydrogen-bond donors (Lipinski definition) is 1. The number of nitrogens with zero attached hydrogens (tertiary/aromatic N) is 3. The fourth-order valence-corrected chi connectivity index (χ4v) is 2.06. The quantitative estimate of drug-likeness (QED) is 0.786. The largest absolute Gasteiger partial charge is 0.472 e. The average Bonchev–Trinajstić information content (AvgIpc) is 2.91. The summed E-state index contributed by atoms with van der Waals surface area (Å²) in [5, 5.41) is 4.41. The summed E-state index contributed by atoms with van der Waals surface area (Å²) in [4.78, 5) is 4.33. The molecule has 1 aromatic carbocycles. The molecule has 2 aromatic heterocycles. The number of fused-ring (bicyclic) bond motifs is 1. The number of rotatable bonds is 4. The van der Waals surface area contributed by atoms with Gasteiger partial charge < -0.3 is 10.5 Å². The summed E-state index contributed by atoms with van der Waals surface area (Å²) in [5.74, 6) is 0.568. The summed E-state index contributed by atoms with van der Waals surface area (Å²) < 4.78 is 7.47. The average molecular weight is 268 g/mol. The molecule has 20 heavy (non-hydrogen) atoms. The molecule has 0 saturated carbocycles. The van der Waals surface area contributed by atoms with E-state index in [1.807, 2.05) is 43.3 Å². The molecule has 0 unspecified atom stereocenters. The van der Waals surface area contributed by atoms with Crippen LogP contribution in [0, 0.1) is 6.92 Å². The van der Waals surface area contributed by atoms with Crippen LogP contribution in [-0.4, -0.2) is 14.6 Å². The van der Waals surface area contributed by atoms with E-state index >= 15 is 0 Å². The molecule has 5 nitrogen and oxygen atoms in total. The predicted molar refractivity (Wildman–Crippen MR) is 76.4 cm³/mol. The molecule has 0 aliphatic carbocycles. The number of aryl methyl sites for hydroxylation is 1. The second-order valence-electron chi connectivity index (χ2n) is 4.60. The van der Waals surface area contributed by atoms with E-state index in [2.05, 4.69) is 10.1 Å². The van der Waals surface area contributed by atoms with Crippen LogP contribution >= 0.6 is 0 Å². The van der Waals surface area contributed by atoms with Crippen LogP contribution < -0.4 is 10.5 Å². The van der Waals surface area contributed by atoms with Crippen LogP contribution in [0.15, 0.2) is 42.6 Å². The third-order valence-electron chi connectivity index (χ3n) is 3.25. The molecule has 2 N–H and O–H groups in total. The second-order valence-corrected chi connectivity index (χ2v) is 4.60. The van der Waals surface area contributed by atoms with E-state index in [1.165, 1.54) is 0 Å². The third-order valence-corrected chi connectivity index (χ3v) is 3.25. The maximum Gasteiger partial charge on any atom is 0.235 e. The first-order valence-electron chi connectivity index (χ1n) is 6.49. The Labute approximate surface area is 117 Å². The molecule has 0 aliphatic rings. The second kappa shape index (κ2) is 5.30. The minimum Gasteiger partial charge on any atom is -0.472 e. The van der Waals surface area contributed by atoms with Gasteiger partial charge in [0.05, 0.1) is 0 Å².